The SMILES string of the molecule is CCOC(=O)C1CCNC1NC(=O)C1CCC(N2CCNC2)NN1. The Bertz CT molecular complexity index is 448. The molecule has 3 aliphatic rings. The first kappa shape index (κ1) is 17.6. The van der Waals surface area contributed by atoms with Gasteiger partial charge >= 0.3 is 5.97 Å². The Labute approximate surface area is 142 Å². The normalized spacial score (nSPS) is 34.2. The van der Waals surface area contributed by atoms with Gasteiger partial charge in [-0.3, -0.25) is 19.8 Å². The van der Waals surface area contributed by atoms with Crippen LogP contribution < -0.4 is 26.8 Å². The highest BCUT2D eigenvalue weighted by molar-refractivity contribution is 5.83. The summed E-state index contributed by atoms with van der Waals surface area (Å²) in [7, 11) is 0. The molecule has 9 nitrogen and oxygen atoms in total. The molecule has 3 rings (SSSR count). The van der Waals surface area contributed by atoms with Crippen molar-refractivity contribution in [2.75, 3.05) is 32.9 Å². The van der Waals surface area contributed by atoms with Crippen LogP contribution in [0.2, 0.25) is 0 Å². The maximum atomic E-state index is 12.5. The third-order valence-electron chi connectivity index (χ3n) is 4.91. The fourth-order valence-electron chi connectivity index (χ4n) is 3.54. The topological polar surface area (TPSA) is 107 Å². The van der Waals surface area contributed by atoms with E-state index in [1.807, 2.05) is 0 Å². The van der Waals surface area contributed by atoms with E-state index in [1.165, 1.54) is 0 Å². The highest BCUT2D eigenvalue weighted by atomic mass is 16.5. The van der Waals surface area contributed by atoms with E-state index in [0.29, 0.717) is 19.6 Å². The van der Waals surface area contributed by atoms with Gasteiger partial charge in [0.05, 0.1) is 24.9 Å². The molecule has 24 heavy (non-hydrogen) atoms. The minimum Gasteiger partial charge on any atom is -0.466 e. The molecule has 4 unspecified atom stereocenters. The van der Waals surface area contributed by atoms with Gasteiger partial charge in [0.1, 0.15) is 6.04 Å². The van der Waals surface area contributed by atoms with Gasteiger partial charge in [-0.05, 0) is 32.7 Å². The summed E-state index contributed by atoms with van der Waals surface area (Å²) in [5.74, 6) is -0.646. The van der Waals surface area contributed by atoms with Crippen molar-refractivity contribution >= 4 is 11.9 Å². The van der Waals surface area contributed by atoms with Crippen LogP contribution in [0.3, 0.4) is 0 Å². The van der Waals surface area contributed by atoms with E-state index in [9.17, 15) is 9.59 Å². The van der Waals surface area contributed by atoms with Crippen molar-refractivity contribution in [2.45, 2.75) is 44.6 Å². The second-order valence-corrected chi connectivity index (χ2v) is 6.49. The number of ether oxygens (including phenoxy) is 1. The van der Waals surface area contributed by atoms with Crippen LogP contribution in [0.25, 0.3) is 0 Å². The molecule has 3 saturated heterocycles. The van der Waals surface area contributed by atoms with Gasteiger partial charge in [0.15, 0.2) is 0 Å². The fraction of sp³-hybridized carbons (Fsp3) is 0.867. The molecule has 3 aliphatic heterocycles. The van der Waals surface area contributed by atoms with Crippen molar-refractivity contribution < 1.29 is 14.3 Å². The smallest absolute Gasteiger partial charge is 0.312 e. The molecule has 0 aliphatic carbocycles. The molecular weight excluding hydrogens is 312 g/mol. The molecule has 0 aromatic carbocycles. The third kappa shape index (κ3) is 4.04. The zero-order valence-corrected chi connectivity index (χ0v) is 14.1. The number of amides is 1. The molecule has 4 atom stereocenters. The first-order valence-corrected chi connectivity index (χ1v) is 8.85. The summed E-state index contributed by atoms with van der Waals surface area (Å²) in [4.78, 5) is 26.7. The Morgan fingerprint density at radius 1 is 1.21 bits per heavy atom. The molecule has 9 heteroatoms. The van der Waals surface area contributed by atoms with Gasteiger partial charge in [-0.25, -0.2) is 10.9 Å². The average molecular weight is 340 g/mol. The Morgan fingerprint density at radius 2 is 2.08 bits per heavy atom. The van der Waals surface area contributed by atoms with Crippen molar-refractivity contribution in [1.82, 2.24) is 31.7 Å². The molecule has 0 bridgehead atoms. The maximum absolute atomic E-state index is 12.5. The number of rotatable bonds is 5. The molecule has 0 aromatic rings. The number of nitrogens with zero attached hydrogens (tertiary/aromatic N) is 1. The van der Waals surface area contributed by atoms with Gasteiger partial charge in [0.2, 0.25) is 5.91 Å². The van der Waals surface area contributed by atoms with Crippen LogP contribution in [0.5, 0.6) is 0 Å². The minimum atomic E-state index is -0.348. The molecule has 0 spiro atoms. The van der Waals surface area contributed by atoms with Crippen molar-refractivity contribution in [3.63, 3.8) is 0 Å². The summed E-state index contributed by atoms with van der Waals surface area (Å²) in [6.45, 7) is 5.75. The lowest BCUT2D eigenvalue weighted by Crippen LogP contribution is -2.63. The van der Waals surface area contributed by atoms with E-state index in [4.69, 9.17) is 4.74 Å². The zero-order valence-electron chi connectivity index (χ0n) is 14.1. The summed E-state index contributed by atoms with van der Waals surface area (Å²) in [6, 6.07) is -0.290. The molecule has 0 radical (unpaired) electrons. The summed E-state index contributed by atoms with van der Waals surface area (Å²) in [5, 5.41) is 9.42. The summed E-state index contributed by atoms with van der Waals surface area (Å²) in [5.41, 5.74) is 6.35. The number of hydrazine groups is 1. The monoisotopic (exact) mass is 340 g/mol. The second-order valence-electron chi connectivity index (χ2n) is 6.49. The molecule has 0 aromatic heterocycles. The van der Waals surface area contributed by atoms with Crippen LogP contribution in [0.1, 0.15) is 26.2 Å². The Morgan fingerprint density at radius 3 is 2.75 bits per heavy atom. The Hall–Kier alpha value is -1.26. The van der Waals surface area contributed by atoms with E-state index in [0.717, 1.165) is 32.6 Å². The Balaban J connectivity index is 1.46. The molecule has 5 N–H and O–H groups in total. The van der Waals surface area contributed by atoms with Gasteiger partial charge < -0.3 is 15.4 Å². The predicted molar refractivity (Wildman–Crippen MR) is 87.3 cm³/mol. The van der Waals surface area contributed by atoms with Gasteiger partial charge in [0, 0.05) is 19.8 Å². The van der Waals surface area contributed by atoms with Crippen LogP contribution in [0.4, 0.5) is 0 Å². The molecular formula is C15H28N6O3. The maximum Gasteiger partial charge on any atom is 0.312 e. The standard InChI is InChI=1S/C15H28N6O3/c1-2-24-15(23)10-5-6-17-13(10)18-14(22)11-3-4-12(20-19-11)21-8-7-16-9-21/h10-13,16-17,19-20H,2-9H2,1H3,(H,18,22). The fourth-order valence-corrected chi connectivity index (χ4v) is 3.54. The van der Waals surface area contributed by atoms with Gasteiger partial charge in [0.25, 0.3) is 0 Å². The van der Waals surface area contributed by atoms with Gasteiger partial charge in [-0.15, -0.1) is 0 Å². The first-order chi connectivity index (χ1) is 11.7. The van der Waals surface area contributed by atoms with Crippen molar-refractivity contribution in [3.05, 3.63) is 0 Å². The number of nitrogens with one attached hydrogen (secondary N) is 5. The Kier molecular flexibility index (Phi) is 6.01. The highest BCUT2D eigenvalue weighted by Gasteiger charge is 2.37. The van der Waals surface area contributed by atoms with Crippen LogP contribution in [-0.2, 0) is 14.3 Å². The van der Waals surface area contributed by atoms with E-state index in [2.05, 4.69) is 31.7 Å². The van der Waals surface area contributed by atoms with E-state index in [-0.39, 0.29) is 36.2 Å². The van der Waals surface area contributed by atoms with Crippen LogP contribution >= 0.6 is 0 Å². The highest BCUT2D eigenvalue weighted by Crippen LogP contribution is 2.17. The lowest BCUT2D eigenvalue weighted by Gasteiger charge is -2.35. The van der Waals surface area contributed by atoms with Crippen molar-refractivity contribution in [3.8, 4) is 0 Å². The van der Waals surface area contributed by atoms with Crippen LogP contribution in [0.15, 0.2) is 0 Å². The first-order valence-electron chi connectivity index (χ1n) is 8.85. The number of esters is 1. The quantitative estimate of drug-likeness (QED) is 0.368. The minimum absolute atomic E-state index is 0.0887. The second kappa shape index (κ2) is 8.21. The molecule has 3 heterocycles. The van der Waals surface area contributed by atoms with E-state index in [1.54, 1.807) is 6.92 Å². The van der Waals surface area contributed by atoms with Crippen LogP contribution in [-0.4, -0.2) is 68.1 Å². The van der Waals surface area contributed by atoms with Crippen LogP contribution in [0, 0.1) is 5.92 Å². The predicted octanol–water partition coefficient (Wildman–Crippen LogP) is -1.95. The zero-order chi connectivity index (χ0) is 16.9. The van der Waals surface area contributed by atoms with Crippen molar-refractivity contribution in [1.29, 1.82) is 0 Å². The third-order valence-corrected chi connectivity index (χ3v) is 4.91. The average Bonchev–Trinajstić information content (AvgIpc) is 3.27. The van der Waals surface area contributed by atoms with Crippen molar-refractivity contribution in [2.24, 2.45) is 5.92 Å². The van der Waals surface area contributed by atoms with Gasteiger partial charge in [-0.1, -0.05) is 0 Å². The number of carbonyl (C=O) groups is 2. The van der Waals surface area contributed by atoms with E-state index >= 15 is 0 Å². The summed E-state index contributed by atoms with van der Waals surface area (Å²) >= 11 is 0. The number of carbonyl (C=O) groups excluding carboxylic acids is 2. The molecule has 0 saturated carbocycles. The van der Waals surface area contributed by atoms with E-state index < -0.39 is 0 Å². The molecule has 1 amide bonds. The lowest BCUT2D eigenvalue weighted by molar-refractivity contribution is -0.148. The summed E-state index contributed by atoms with van der Waals surface area (Å²) < 4.78 is 5.08. The number of hydrogen-bond donors (Lipinski definition) is 5. The summed E-state index contributed by atoms with van der Waals surface area (Å²) in [6.07, 6.45) is 2.26. The number of hydrogen-bond acceptors (Lipinski definition) is 8. The largest absolute Gasteiger partial charge is 0.466 e. The molecule has 3 fully saturated rings. The van der Waals surface area contributed by atoms with Gasteiger partial charge in [-0.2, -0.15) is 0 Å². The lowest BCUT2D eigenvalue weighted by atomic mass is 10.0. The molecule has 136 valence electrons.